The van der Waals surface area contributed by atoms with Crippen LogP contribution in [0.2, 0.25) is 19.6 Å². The van der Waals surface area contributed by atoms with E-state index in [2.05, 4.69) is 31.1 Å². The lowest BCUT2D eigenvalue weighted by Crippen LogP contribution is -2.16. The molecule has 2 nitrogen and oxygen atoms in total. The molecule has 1 N–H and O–H groups in total. The van der Waals surface area contributed by atoms with Crippen LogP contribution in [0.25, 0.3) is 0 Å². The Balaban J connectivity index is 2.31. The Kier molecular flexibility index (Phi) is 4.30. The fourth-order valence-electron chi connectivity index (χ4n) is 1.79. The molecule has 0 saturated carbocycles. The highest BCUT2D eigenvalue weighted by Gasteiger charge is 2.11. The maximum atomic E-state index is 12.3. The first kappa shape index (κ1) is 15.1. The molecule has 0 aliphatic heterocycles. The highest BCUT2D eigenvalue weighted by atomic mass is 28.3. The summed E-state index contributed by atoms with van der Waals surface area (Å²) in [4.78, 5) is 12.3. The number of hydrogen-bond donors (Lipinski definition) is 1. The second-order valence-electron chi connectivity index (χ2n) is 5.93. The Morgan fingerprint density at radius 1 is 1.00 bits per heavy atom. The number of ketones is 1. The van der Waals surface area contributed by atoms with Crippen LogP contribution in [0.15, 0.2) is 48.5 Å². The van der Waals surface area contributed by atoms with Crippen molar-refractivity contribution >= 4 is 13.9 Å². The molecule has 2 aromatic rings. The molecule has 0 spiro atoms. The van der Waals surface area contributed by atoms with Gasteiger partial charge in [-0.15, -0.1) is 5.54 Å². The molecule has 0 fully saturated rings. The van der Waals surface area contributed by atoms with Crippen molar-refractivity contribution in [1.29, 1.82) is 0 Å². The van der Waals surface area contributed by atoms with Gasteiger partial charge in [-0.25, -0.2) is 0 Å². The van der Waals surface area contributed by atoms with Gasteiger partial charge in [-0.05, 0) is 18.2 Å². The van der Waals surface area contributed by atoms with E-state index >= 15 is 0 Å². The highest BCUT2D eigenvalue weighted by Crippen LogP contribution is 2.20. The van der Waals surface area contributed by atoms with Gasteiger partial charge in [0.1, 0.15) is 13.8 Å². The van der Waals surface area contributed by atoms with Gasteiger partial charge in [0, 0.05) is 11.1 Å². The zero-order valence-electron chi connectivity index (χ0n) is 12.5. The molecule has 2 rings (SSSR count). The molecule has 0 aliphatic carbocycles. The second kappa shape index (κ2) is 5.98. The number of benzene rings is 2. The molecule has 0 saturated heterocycles. The van der Waals surface area contributed by atoms with Crippen LogP contribution in [0.5, 0.6) is 5.75 Å². The summed E-state index contributed by atoms with van der Waals surface area (Å²) in [7, 11) is -1.49. The largest absolute Gasteiger partial charge is 0.507 e. The monoisotopic (exact) mass is 294 g/mol. The molecule has 0 atom stereocenters. The SMILES string of the molecule is C[Si](C)(C)C#Cc1ccc(C(=O)c2ccccc2)cc1O. The van der Waals surface area contributed by atoms with Crippen molar-refractivity contribution in [1.82, 2.24) is 0 Å². The van der Waals surface area contributed by atoms with Crippen molar-refractivity contribution in [2.75, 3.05) is 0 Å². The second-order valence-corrected chi connectivity index (χ2v) is 10.7. The third-order valence-corrected chi connectivity index (χ3v) is 3.74. The molecular formula is C18H18O2Si. The number of phenolic OH excluding ortho intramolecular Hbond substituents is 1. The summed E-state index contributed by atoms with van der Waals surface area (Å²) < 4.78 is 0. The first-order valence-electron chi connectivity index (χ1n) is 6.83. The Morgan fingerprint density at radius 3 is 2.24 bits per heavy atom. The van der Waals surface area contributed by atoms with Gasteiger partial charge < -0.3 is 5.11 Å². The fraction of sp³-hybridized carbons (Fsp3) is 0.167. The first-order chi connectivity index (χ1) is 9.87. The van der Waals surface area contributed by atoms with Crippen LogP contribution in [0.1, 0.15) is 21.5 Å². The lowest BCUT2D eigenvalue weighted by atomic mass is 10.0. The Bertz CT molecular complexity index is 716. The smallest absolute Gasteiger partial charge is 0.193 e. The average Bonchev–Trinajstić information content (AvgIpc) is 2.45. The molecular weight excluding hydrogens is 276 g/mol. The molecule has 0 bridgehead atoms. The molecule has 2 aromatic carbocycles. The fourth-order valence-corrected chi connectivity index (χ4v) is 2.30. The Labute approximate surface area is 126 Å². The van der Waals surface area contributed by atoms with Crippen molar-refractivity contribution in [3.8, 4) is 17.2 Å². The van der Waals surface area contributed by atoms with Crippen LogP contribution in [0.3, 0.4) is 0 Å². The van der Waals surface area contributed by atoms with Gasteiger partial charge in [-0.2, -0.15) is 0 Å². The van der Waals surface area contributed by atoms with Gasteiger partial charge in [0.05, 0.1) is 5.56 Å². The van der Waals surface area contributed by atoms with E-state index in [1.54, 1.807) is 24.3 Å². The summed E-state index contributed by atoms with van der Waals surface area (Å²) in [6.45, 7) is 6.43. The summed E-state index contributed by atoms with van der Waals surface area (Å²) in [5.41, 5.74) is 4.85. The molecule has 0 radical (unpaired) electrons. The predicted octanol–water partition coefficient (Wildman–Crippen LogP) is 3.85. The van der Waals surface area contributed by atoms with Gasteiger partial charge in [0.15, 0.2) is 5.78 Å². The summed E-state index contributed by atoms with van der Waals surface area (Å²) in [5.74, 6) is 2.97. The lowest BCUT2D eigenvalue weighted by molar-refractivity contribution is 0.103. The third kappa shape index (κ3) is 4.07. The summed E-state index contributed by atoms with van der Waals surface area (Å²) in [6, 6.07) is 13.9. The van der Waals surface area contributed by atoms with E-state index in [-0.39, 0.29) is 11.5 Å². The normalized spacial score (nSPS) is 10.6. The Hall–Kier alpha value is -2.31. The lowest BCUT2D eigenvalue weighted by Gasteiger charge is -2.05. The van der Waals surface area contributed by atoms with Crippen molar-refractivity contribution in [3.05, 3.63) is 65.2 Å². The molecule has 0 unspecified atom stereocenters. The van der Waals surface area contributed by atoms with Crippen LogP contribution in [0.4, 0.5) is 0 Å². The van der Waals surface area contributed by atoms with Crippen LogP contribution >= 0.6 is 0 Å². The molecule has 3 heteroatoms. The van der Waals surface area contributed by atoms with E-state index in [4.69, 9.17) is 0 Å². The summed E-state index contributed by atoms with van der Waals surface area (Å²) in [6.07, 6.45) is 0. The van der Waals surface area contributed by atoms with E-state index in [0.717, 1.165) is 0 Å². The topological polar surface area (TPSA) is 37.3 Å². The molecule has 0 amide bonds. The van der Waals surface area contributed by atoms with Gasteiger partial charge in [-0.3, -0.25) is 4.79 Å². The Morgan fingerprint density at radius 2 is 1.67 bits per heavy atom. The van der Waals surface area contributed by atoms with Crippen LogP contribution in [0, 0.1) is 11.5 Å². The van der Waals surface area contributed by atoms with Crippen LogP contribution < -0.4 is 0 Å². The minimum Gasteiger partial charge on any atom is -0.507 e. The number of rotatable bonds is 2. The van der Waals surface area contributed by atoms with Crippen molar-refractivity contribution < 1.29 is 9.90 Å². The summed E-state index contributed by atoms with van der Waals surface area (Å²) >= 11 is 0. The number of phenols is 1. The molecule has 21 heavy (non-hydrogen) atoms. The summed E-state index contributed by atoms with van der Waals surface area (Å²) in [5, 5.41) is 10.0. The minimum absolute atomic E-state index is 0.0579. The minimum atomic E-state index is -1.49. The molecule has 0 heterocycles. The number of carbonyl (C=O) groups excluding carboxylic acids is 1. The molecule has 0 aliphatic rings. The standard InChI is InChI=1S/C18H18O2Si/c1-21(2,3)12-11-14-9-10-16(13-17(14)19)18(20)15-7-5-4-6-8-15/h4-10,13,19H,1-3H3. The van der Waals surface area contributed by atoms with Gasteiger partial charge >= 0.3 is 0 Å². The van der Waals surface area contributed by atoms with Crippen molar-refractivity contribution in [2.45, 2.75) is 19.6 Å². The number of carbonyl (C=O) groups is 1. The zero-order chi connectivity index (χ0) is 15.5. The number of hydrogen-bond acceptors (Lipinski definition) is 2. The van der Waals surface area contributed by atoms with E-state index in [9.17, 15) is 9.90 Å². The quantitative estimate of drug-likeness (QED) is 0.519. The average molecular weight is 294 g/mol. The van der Waals surface area contributed by atoms with E-state index in [1.807, 2.05) is 18.2 Å². The maximum absolute atomic E-state index is 12.3. The maximum Gasteiger partial charge on any atom is 0.193 e. The van der Waals surface area contributed by atoms with Crippen LogP contribution in [-0.2, 0) is 0 Å². The molecule has 0 aromatic heterocycles. The predicted molar refractivity (Wildman–Crippen MR) is 88.2 cm³/mol. The zero-order valence-corrected chi connectivity index (χ0v) is 13.5. The van der Waals surface area contributed by atoms with Gasteiger partial charge in [0.2, 0.25) is 0 Å². The van der Waals surface area contributed by atoms with Crippen molar-refractivity contribution in [3.63, 3.8) is 0 Å². The third-order valence-electron chi connectivity index (χ3n) is 2.87. The van der Waals surface area contributed by atoms with Crippen LogP contribution in [-0.4, -0.2) is 19.0 Å². The van der Waals surface area contributed by atoms with Crippen molar-refractivity contribution in [2.24, 2.45) is 0 Å². The number of aromatic hydroxyl groups is 1. The van der Waals surface area contributed by atoms with Gasteiger partial charge in [-0.1, -0.05) is 55.9 Å². The van der Waals surface area contributed by atoms with E-state index in [0.29, 0.717) is 16.7 Å². The molecule has 106 valence electrons. The van der Waals surface area contributed by atoms with E-state index in [1.165, 1.54) is 6.07 Å². The highest BCUT2D eigenvalue weighted by molar-refractivity contribution is 6.83. The van der Waals surface area contributed by atoms with E-state index < -0.39 is 8.07 Å². The first-order valence-corrected chi connectivity index (χ1v) is 10.3. The van der Waals surface area contributed by atoms with Gasteiger partial charge in [0.25, 0.3) is 0 Å².